The standard InChI is InChI=1S/C17H27NO2/c1-3-19-15-8-4-5-9-16(15)20-13-12-18-14-17(2)10-6-7-11-17/h4-5,8-9,18H,3,6-7,10-14H2,1-2H3. The molecule has 0 radical (unpaired) electrons. The molecule has 1 fully saturated rings. The van der Waals surface area contributed by atoms with Crippen LogP contribution in [0.25, 0.3) is 0 Å². The number of ether oxygens (including phenoxy) is 2. The van der Waals surface area contributed by atoms with E-state index < -0.39 is 0 Å². The van der Waals surface area contributed by atoms with E-state index in [9.17, 15) is 0 Å². The number of hydrogen-bond donors (Lipinski definition) is 1. The SMILES string of the molecule is CCOc1ccccc1OCCNCC1(C)CCCC1. The van der Waals surface area contributed by atoms with Crippen molar-refractivity contribution in [3.63, 3.8) is 0 Å². The molecule has 1 aliphatic carbocycles. The Bertz CT molecular complexity index is 400. The molecule has 0 aliphatic heterocycles. The summed E-state index contributed by atoms with van der Waals surface area (Å²) < 4.78 is 11.3. The van der Waals surface area contributed by atoms with Gasteiger partial charge in [-0.1, -0.05) is 31.9 Å². The van der Waals surface area contributed by atoms with Gasteiger partial charge < -0.3 is 14.8 Å². The minimum atomic E-state index is 0.503. The molecular formula is C17H27NO2. The van der Waals surface area contributed by atoms with Crippen molar-refractivity contribution in [1.29, 1.82) is 0 Å². The average molecular weight is 277 g/mol. The number of rotatable bonds is 8. The molecule has 20 heavy (non-hydrogen) atoms. The highest BCUT2D eigenvalue weighted by atomic mass is 16.5. The number of para-hydroxylation sites is 2. The minimum absolute atomic E-state index is 0.503. The zero-order chi connectivity index (χ0) is 14.3. The first-order valence-corrected chi connectivity index (χ1v) is 7.79. The van der Waals surface area contributed by atoms with E-state index in [-0.39, 0.29) is 0 Å². The molecule has 0 spiro atoms. The lowest BCUT2D eigenvalue weighted by Crippen LogP contribution is -2.32. The topological polar surface area (TPSA) is 30.5 Å². The summed E-state index contributed by atoms with van der Waals surface area (Å²) in [5, 5.41) is 3.52. The van der Waals surface area contributed by atoms with Crippen LogP contribution in [0, 0.1) is 5.41 Å². The van der Waals surface area contributed by atoms with Crippen molar-refractivity contribution in [1.82, 2.24) is 5.32 Å². The van der Waals surface area contributed by atoms with E-state index in [2.05, 4.69) is 12.2 Å². The lowest BCUT2D eigenvalue weighted by Gasteiger charge is -2.23. The van der Waals surface area contributed by atoms with E-state index in [1.165, 1.54) is 25.7 Å². The van der Waals surface area contributed by atoms with E-state index in [0.717, 1.165) is 24.6 Å². The maximum atomic E-state index is 5.80. The fourth-order valence-electron chi connectivity index (χ4n) is 2.87. The molecule has 2 rings (SSSR count). The van der Waals surface area contributed by atoms with Crippen LogP contribution < -0.4 is 14.8 Å². The molecular weight excluding hydrogens is 250 g/mol. The van der Waals surface area contributed by atoms with Gasteiger partial charge in [0, 0.05) is 13.1 Å². The normalized spacial score (nSPS) is 17.1. The summed E-state index contributed by atoms with van der Waals surface area (Å²) in [4.78, 5) is 0. The van der Waals surface area contributed by atoms with Gasteiger partial charge in [0.1, 0.15) is 6.61 Å². The van der Waals surface area contributed by atoms with E-state index in [1.54, 1.807) is 0 Å². The monoisotopic (exact) mass is 277 g/mol. The Morgan fingerprint density at radius 2 is 1.75 bits per heavy atom. The molecule has 1 aliphatic rings. The smallest absolute Gasteiger partial charge is 0.161 e. The van der Waals surface area contributed by atoms with Crippen LogP contribution in [-0.2, 0) is 0 Å². The van der Waals surface area contributed by atoms with E-state index in [1.807, 2.05) is 31.2 Å². The molecule has 112 valence electrons. The van der Waals surface area contributed by atoms with Crippen molar-refractivity contribution >= 4 is 0 Å². The van der Waals surface area contributed by atoms with Crippen LogP contribution in [-0.4, -0.2) is 26.3 Å². The first kappa shape index (κ1) is 15.2. The molecule has 0 amide bonds. The molecule has 3 heteroatoms. The third-order valence-electron chi connectivity index (χ3n) is 4.05. The van der Waals surface area contributed by atoms with Crippen molar-refractivity contribution in [2.75, 3.05) is 26.3 Å². The van der Waals surface area contributed by atoms with Gasteiger partial charge in [-0.15, -0.1) is 0 Å². The van der Waals surface area contributed by atoms with Gasteiger partial charge in [-0.05, 0) is 37.3 Å². The van der Waals surface area contributed by atoms with Gasteiger partial charge in [0.2, 0.25) is 0 Å². The summed E-state index contributed by atoms with van der Waals surface area (Å²) in [6.07, 6.45) is 5.48. The second kappa shape index (κ2) is 7.53. The predicted octanol–water partition coefficient (Wildman–Crippen LogP) is 3.63. The summed E-state index contributed by atoms with van der Waals surface area (Å²) in [6, 6.07) is 7.86. The Morgan fingerprint density at radius 3 is 2.40 bits per heavy atom. The highest BCUT2D eigenvalue weighted by Gasteiger charge is 2.27. The maximum Gasteiger partial charge on any atom is 0.161 e. The first-order valence-electron chi connectivity index (χ1n) is 7.79. The van der Waals surface area contributed by atoms with Crippen LogP contribution in [0.2, 0.25) is 0 Å². The average Bonchev–Trinajstić information content (AvgIpc) is 2.88. The van der Waals surface area contributed by atoms with E-state index in [0.29, 0.717) is 18.6 Å². The highest BCUT2D eigenvalue weighted by Crippen LogP contribution is 2.36. The molecule has 0 atom stereocenters. The Labute approximate surface area is 122 Å². The quantitative estimate of drug-likeness (QED) is 0.736. The zero-order valence-corrected chi connectivity index (χ0v) is 12.8. The van der Waals surface area contributed by atoms with Gasteiger partial charge in [0.05, 0.1) is 6.61 Å². The third-order valence-corrected chi connectivity index (χ3v) is 4.05. The maximum absolute atomic E-state index is 5.80. The van der Waals surface area contributed by atoms with Crippen molar-refractivity contribution in [2.24, 2.45) is 5.41 Å². The number of nitrogens with one attached hydrogen (secondary N) is 1. The van der Waals surface area contributed by atoms with Crippen molar-refractivity contribution in [3.8, 4) is 11.5 Å². The van der Waals surface area contributed by atoms with Gasteiger partial charge in [0.15, 0.2) is 11.5 Å². The molecule has 0 aromatic heterocycles. The molecule has 1 aromatic carbocycles. The highest BCUT2D eigenvalue weighted by molar-refractivity contribution is 5.39. The van der Waals surface area contributed by atoms with Crippen molar-refractivity contribution in [2.45, 2.75) is 39.5 Å². The molecule has 1 aromatic rings. The summed E-state index contributed by atoms with van der Waals surface area (Å²) in [6.45, 7) is 7.70. The van der Waals surface area contributed by atoms with Gasteiger partial charge in [-0.25, -0.2) is 0 Å². The van der Waals surface area contributed by atoms with E-state index in [4.69, 9.17) is 9.47 Å². The second-order valence-corrected chi connectivity index (χ2v) is 5.92. The molecule has 1 saturated carbocycles. The summed E-state index contributed by atoms with van der Waals surface area (Å²) in [5.41, 5.74) is 0.503. The third kappa shape index (κ3) is 4.41. The van der Waals surface area contributed by atoms with E-state index >= 15 is 0 Å². The molecule has 1 N–H and O–H groups in total. The van der Waals surface area contributed by atoms with Gasteiger partial charge in [-0.2, -0.15) is 0 Å². The van der Waals surface area contributed by atoms with Crippen LogP contribution in [0.15, 0.2) is 24.3 Å². The van der Waals surface area contributed by atoms with Gasteiger partial charge >= 0.3 is 0 Å². The summed E-state index contributed by atoms with van der Waals surface area (Å²) in [7, 11) is 0. The molecule has 0 unspecified atom stereocenters. The lowest BCUT2D eigenvalue weighted by molar-refractivity contribution is 0.261. The largest absolute Gasteiger partial charge is 0.490 e. The Hall–Kier alpha value is -1.22. The van der Waals surface area contributed by atoms with Crippen LogP contribution in [0.5, 0.6) is 11.5 Å². The van der Waals surface area contributed by atoms with Crippen LogP contribution >= 0.6 is 0 Å². The summed E-state index contributed by atoms with van der Waals surface area (Å²) >= 11 is 0. The molecule has 0 saturated heterocycles. The second-order valence-electron chi connectivity index (χ2n) is 5.92. The number of benzene rings is 1. The fourth-order valence-corrected chi connectivity index (χ4v) is 2.87. The van der Waals surface area contributed by atoms with Crippen LogP contribution in [0.3, 0.4) is 0 Å². The first-order chi connectivity index (χ1) is 9.73. The predicted molar refractivity (Wildman–Crippen MR) is 82.6 cm³/mol. The summed E-state index contributed by atoms with van der Waals surface area (Å²) in [5.74, 6) is 1.67. The Balaban J connectivity index is 1.68. The molecule has 3 nitrogen and oxygen atoms in total. The number of hydrogen-bond acceptors (Lipinski definition) is 3. The Kier molecular flexibility index (Phi) is 5.72. The molecule has 0 heterocycles. The van der Waals surface area contributed by atoms with Crippen molar-refractivity contribution in [3.05, 3.63) is 24.3 Å². The Morgan fingerprint density at radius 1 is 1.10 bits per heavy atom. The van der Waals surface area contributed by atoms with Gasteiger partial charge in [-0.3, -0.25) is 0 Å². The molecule has 0 bridgehead atoms. The van der Waals surface area contributed by atoms with Gasteiger partial charge in [0.25, 0.3) is 0 Å². The van der Waals surface area contributed by atoms with Crippen LogP contribution in [0.4, 0.5) is 0 Å². The lowest BCUT2D eigenvalue weighted by atomic mass is 9.89. The fraction of sp³-hybridized carbons (Fsp3) is 0.647. The van der Waals surface area contributed by atoms with Crippen LogP contribution in [0.1, 0.15) is 39.5 Å². The zero-order valence-electron chi connectivity index (χ0n) is 12.8. The van der Waals surface area contributed by atoms with Crippen molar-refractivity contribution < 1.29 is 9.47 Å². The minimum Gasteiger partial charge on any atom is -0.490 e.